The van der Waals surface area contributed by atoms with Crippen LogP contribution in [0.4, 0.5) is 0 Å². The summed E-state index contributed by atoms with van der Waals surface area (Å²) in [5.74, 6) is 0. The van der Waals surface area contributed by atoms with Gasteiger partial charge in [-0.05, 0) is 20.8 Å². The van der Waals surface area contributed by atoms with Crippen LogP contribution in [0, 0.1) is 0 Å². The lowest BCUT2D eigenvalue weighted by molar-refractivity contribution is -0.845. The Bertz CT molecular complexity index is 121. The van der Waals surface area contributed by atoms with Gasteiger partial charge in [0.05, 0.1) is 12.1 Å². The van der Waals surface area contributed by atoms with Crippen molar-refractivity contribution in [1.82, 2.24) is 0 Å². The molecule has 0 saturated carbocycles. The van der Waals surface area contributed by atoms with Crippen LogP contribution < -0.4 is 4.90 Å². The molecule has 0 spiro atoms. The lowest BCUT2D eigenvalue weighted by Crippen LogP contribution is -3.17. The zero-order valence-electron chi connectivity index (χ0n) is 6.44. The maximum Gasteiger partial charge on any atom is 0.184 e. The van der Waals surface area contributed by atoms with E-state index in [1.54, 1.807) is 0 Å². The second kappa shape index (κ2) is 2.10. The molecule has 1 rings (SSSR count). The Labute approximate surface area is 56.6 Å². The Balaban J connectivity index is 2.53. The zero-order valence-corrected chi connectivity index (χ0v) is 6.44. The summed E-state index contributed by atoms with van der Waals surface area (Å²) in [5, 5.41) is 0. The molecule has 0 aromatic rings. The summed E-state index contributed by atoms with van der Waals surface area (Å²) in [4.78, 5) is 5.66. The monoisotopic (exact) mass is 127 g/mol. The standard InChI is InChI=1S/C7H14N2/c1-7(2,3)9-5-4-8-6-9/h6H,4-5H2,1-3H3/p+1. The van der Waals surface area contributed by atoms with E-state index >= 15 is 0 Å². The minimum Gasteiger partial charge on any atom is -0.287 e. The molecule has 0 aromatic carbocycles. The van der Waals surface area contributed by atoms with Crippen molar-refractivity contribution >= 4 is 6.34 Å². The van der Waals surface area contributed by atoms with Crippen molar-refractivity contribution in [3.63, 3.8) is 0 Å². The van der Waals surface area contributed by atoms with E-state index in [1.807, 2.05) is 6.34 Å². The minimum atomic E-state index is 0.347. The summed E-state index contributed by atoms with van der Waals surface area (Å²) >= 11 is 0. The number of hydrogen-bond donors (Lipinski definition) is 1. The fraction of sp³-hybridized carbons (Fsp3) is 0.857. The first-order valence-corrected chi connectivity index (χ1v) is 3.47. The van der Waals surface area contributed by atoms with Crippen molar-refractivity contribution in [1.29, 1.82) is 0 Å². The van der Waals surface area contributed by atoms with Crippen LogP contribution in [0.25, 0.3) is 0 Å². The van der Waals surface area contributed by atoms with E-state index in [-0.39, 0.29) is 0 Å². The van der Waals surface area contributed by atoms with Gasteiger partial charge in [-0.3, -0.25) is 4.90 Å². The van der Waals surface area contributed by atoms with Gasteiger partial charge in [0, 0.05) is 0 Å². The molecule has 2 nitrogen and oxygen atoms in total. The second-order valence-electron chi connectivity index (χ2n) is 3.56. The van der Waals surface area contributed by atoms with E-state index in [0.717, 1.165) is 6.54 Å². The Morgan fingerprint density at radius 1 is 1.44 bits per heavy atom. The van der Waals surface area contributed by atoms with Crippen molar-refractivity contribution in [3.8, 4) is 0 Å². The second-order valence-corrected chi connectivity index (χ2v) is 3.56. The molecule has 1 N–H and O–H groups in total. The summed E-state index contributed by atoms with van der Waals surface area (Å²) in [7, 11) is 0. The highest BCUT2D eigenvalue weighted by atomic mass is 15.2. The predicted octanol–water partition coefficient (Wildman–Crippen LogP) is -0.288. The Morgan fingerprint density at radius 2 is 2.11 bits per heavy atom. The molecule has 0 aromatic heterocycles. The SMILES string of the molecule is CC(C)(C)[NH+]1C=NCC1. The fourth-order valence-electron chi connectivity index (χ4n) is 0.993. The average Bonchev–Trinajstić information content (AvgIpc) is 2.08. The van der Waals surface area contributed by atoms with Crippen LogP contribution in [-0.2, 0) is 0 Å². The first-order valence-electron chi connectivity index (χ1n) is 3.47. The van der Waals surface area contributed by atoms with E-state index in [9.17, 15) is 0 Å². The number of hydrogen-bond acceptors (Lipinski definition) is 1. The highest BCUT2D eigenvalue weighted by Gasteiger charge is 2.25. The highest BCUT2D eigenvalue weighted by Crippen LogP contribution is 1.92. The van der Waals surface area contributed by atoms with Gasteiger partial charge in [-0.15, -0.1) is 0 Å². The molecule has 0 amide bonds. The van der Waals surface area contributed by atoms with Crippen molar-refractivity contribution < 1.29 is 4.90 Å². The smallest absolute Gasteiger partial charge is 0.184 e. The maximum absolute atomic E-state index is 4.17. The van der Waals surface area contributed by atoms with Crippen LogP contribution in [0.5, 0.6) is 0 Å². The molecule has 0 bridgehead atoms. The first kappa shape index (κ1) is 6.75. The topological polar surface area (TPSA) is 16.8 Å². The number of rotatable bonds is 0. The van der Waals surface area contributed by atoms with Crippen molar-refractivity contribution in [3.05, 3.63) is 0 Å². The van der Waals surface area contributed by atoms with Crippen LogP contribution in [0.1, 0.15) is 20.8 Å². The minimum absolute atomic E-state index is 0.347. The quantitative estimate of drug-likeness (QED) is 0.460. The van der Waals surface area contributed by atoms with Gasteiger partial charge < -0.3 is 0 Å². The molecule has 1 unspecified atom stereocenters. The molecule has 9 heavy (non-hydrogen) atoms. The number of nitrogens with one attached hydrogen (secondary N) is 1. The fourth-order valence-corrected chi connectivity index (χ4v) is 0.993. The highest BCUT2D eigenvalue weighted by molar-refractivity contribution is 5.45. The third-order valence-corrected chi connectivity index (χ3v) is 1.72. The molecule has 2 heteroatoms. The maximum atomic E-state index is 4.17. The lowest BCUT2D eigenvalue weighted by atomic mass is 10.1. The number of quaternary nitrogens is 1. The van der Waals surface area contributed by atoms with Crippen molar-refractivity contribution in [2.24, 2.45) is 4.99 Å². The normalized spacial score (nSPS) is 27.2. The summed E-state index contributed by atoms with van der Waals surface area (Å²) in [6.45, 7) is 8.88. The van der Waals surface area contributed by atoms with Gasteiger partial charge in [-0.2, -0.15) is 0 Å². The zero-order chi connectivity index (χ0) is 6.91. The van der Waals surface area contributed by atoms with Crippen LogP contribution in [0.3, 0.4) is 0 Å². The molecule has 1 aliphatic rings. The Hall–Kier alpha value is -0.370. The van der Waals surface area contributed by atoms with E-state index < -0.39 is 0 Å². The van der Waals surface area contributed by atoms with Crippen LogP contribution in [0.15, 0.2) is 4.99 Å². The van der Waals surface area contributed by atoms with E-state index in [0.29, 0.717) is 5.54 Å². The predicted molar refractivity (Wildman–Crippen MR) is 38.9 cm³/mol. The Kier molecular flexibility index (Phi) is 1.58. The van der Waals surface area contributed by atoms with E-state index in [2.05, 4.69) is 25.8 Å². The number of nitrogens with zero attached hydrogens (tertiary/aromatic N) is 1. The first-order chi connectivity index (χ1) is 4.11. The van der Waals surface area contributed by atoms with Crippen molar-refractivity contribution in [2.75, 3.05) is 13.1 Å². The molecule has 0 aliphatic carbocycles. The molecule has 0 fully saturated rings. The molecule has 0 radical (unpaired) electrons. The van der Waals surface area contributed by atoms with Gasteiger partial charge in [0.25, 0.3) is 0 Å². The summed E-state index contributed by atoms with van der Waals surface area (Å²) in [6, 6.07) is 0. The molecular weight excluding hydrogens is 112 g/mol. The summed E-state index contributed by atoms with van der Waals surface area (Å²) in [5.41, 5.74) is 0.347. The molecule has 1 aliphatic heterocycles. The van der Waals surface area contributed by atoms with Gasteiger partial charge in [0.2, 0.25) is 0 Å². The van der Waals surface area contributed by atoms with Crippen molar-refractivity contribution in [2.45, 2.75) is 26.3 Å². The van der Waals surface area contributed by atoms with Gasteiger partial charge in [0.15, 0.2) is 6.34 Å². The summed E-state index contributed by atoms with van der Waals surface area (Å²) in [6.07, 6.45) is 2.03. The molecule has 1 atom stereocenters. The lowest BCUT2D eigenvalue weighted by Gasteiger charge is -2.24. The van der Waals surface area contributed by atoms with Gasteiger partial charge in [-0.25, -0.2) is 4.99 Å². The third kappa shape index (κ3) is 1.52. The number of aliphatic imine (C=N–C) groups is 1. The van der Waals surface area contributed by atoms with E-state index in [1.165, 1.54) is 11.4 Å². The van der Waals surface area contributed by atoms with Gasteiger partial charge in [0.1, 0.15) is 6.54 Å². The average molecular weight is 127 g/mol. The van der Waals surface area contributed by atoms with Crippen LogP contribution in [-0.4, -0.2) is 25.0 Å². The van der Waals surface area contributed by atoms with Crippen LogP contribution in [0.2, 0.25) is 0 Å². The molecular formula is C7H15N2+. The molecule has 1 heterocycles. The third-order valence-electron chi connectivity index (χ3n) is 1.72. The van der Waals surface area contributed by atoms with Gasteiger partial charge >= 0.3 is 0 Å². The van der Waals surface area contributed by atoms with Crippen LogP contribution >= 0.6 is 0 Å². The van der Waals surface area contributed by atoms with E-state index in [4.69, 9.17) is 0 Å². The van der Waals surface area contributed by atoms with Gasteiger partial charge in [-0.1, -0.05) is 0 Å². The molecule has 0 saturated heterocycles. The summed E-state index contributed by atoms with van der Waals surface area (Å²) < 4.78 is 0. The molecule has 52 valence electrons. The largest absolute Gasteiger partial charge is 0.287 e. The Morgan fingerprint density at radius 3 is 2.33 bits per heavy atom.